The monoisotopic (exact) mass is 358 g/mol. The second-order valence-corrected chi connectivity index (χ2v) is 6.46. The van der Waals surface area contributed by atoms with E-state index in [-0.39, 0.29) is 5.91 Å². The van der Waals surface area contributed by atoms with E-state index in [1.165, 1.54) is 0 Å². The van der Waals surface area contributed by atoms with Crippen molar-refractivity contribution >= 4 is 11.6 Å². The quantitative estimate of drug-likeness (QED) is 0.818. The summed E-state index contributed by atoms with van der Waals surface area (Å²) in [5.41, 5.74) is 1.63. The molecule has 7 heteroatoms. The lowest BCUT2D eigenvalue weighted by Gasteiger charge is -2.33. The molecule has 1 aliphatic rings. The standard InChI is InChI=1S/C19H26N4O3/c1-3-25-18-7-5-4-6-17(18)20-19(24)14-23-10-8-22(9-11-23)13-16-12-15(2)21-26-16/h4-7,12H,3,8-11,13-14H2,1-2H3,(H,20,24). The van der Waals surface area contributed by atoms with Crippen molar-refractivity contribution in [1.29, 1.82) is 0 Å². The van der Waals surface area contributed by atoms with E-state index in [1.54, 1.807) is 0 Å². The van der Waals surface area contributed by atoms with Crippen LogP contribution in [-0.2, 0) is 11.3 Å². The van der Waals surface area contributed by atoms with Crippen LogP contribution >= 0.6 is 0 Å². The number of carbonyl (C=O) groups is 1. The lowest BCUT2D eigenvalue weighted by molar-refractivity contribution is -0.117. The van der Waals surface area contributed by atoms with E-state index < -0.39 is 0 Å². The molecule has 1 aromatic carbocycles. The van der Waals surface area contributed by atoms with Gasteiger partial charge in [-0.2, -0.15) is 0 Å². The molecule has 0 spiro atoms. The number of anilines is 1. The third kappa shape index (κ3) is 5.06. The van der Waals surface area contributed by atoms with Crippen LogP contribution in [0.2, 0.25) is 0 Å². The van der Waals surface area contributed by atoms with Crippen molar-refractivity contribution in [2.75, 3.05) is 44.6 Å². The van der Waals surface area contributed by atoms with Crippen LogP contribution < -0.4 is 10.1 Å². The molecule has 1 aliphatic heterocycles. The van der Waals surface area contributed by atoms with Crippen LogP contribution in [0.3, 0.4) is 0 Å². The Kier molecular flexibility index (Phi) is 6.25. The topological polar surface area (TPSA) is 70.8 Å². The van der Waals surface area contributed by atoms with Crippen molar-refractivity contribution in [2.45, 2.75) is 20.4 Å². The molecule has 2 heterocycles. The van der Waals surface area contributed by atoms with E-state index in [2.05, 4.69) is 20.3 Å². The molecule has 0 aliphatic carbocycles. The molecular formula is C19H26N4O3. The number of amides is 1. The fourth-order valence-electron chi connectivity index (χ4n) is 3.06. The maximum absolute atomic E-state index is 12.4. The highest BCUT2D eigenvalue weighted by Gasteiger charge is 2.20. The highest BCUT2D eigenvalue weighted by Crippen LogP contribution is 2.23. The van der Waals surface area contributed by atoms with Crippen LogP contribution in [0.5, 0.6) is 5.75 Å². The minimum Gasteiger partial charge on any atom is -0.492 e. The van der Waals surface area contributed by atoms with Crippen LogP contribution in [0.4, 0.5) is 5.69 Å². The van der Waals surface area contributed by atoms with Gasteiger partial charge in [-0.3, -0.25) is 14.6 Å². The largest absolute Gasteiger partial charge is 0.492 e. The highest BCUT2D eigenvalue weighted by atomic mass is 16.5. The predicted molar refractivity (Wildman–Crippen MR) is 99.2 cm³/mol. The van der Waals surface area contributed by atoms with Crippen LogP contribution in [0.15, 0.2) is 34.9 Å². The van der Waals surface area contributed by atoms with Crippen LogP contribution in [0.1, 0.15) is 18.4 Å². The number of aryl methyl sites for hydroxylation is 1. The van der Waals surface area contributed by atoms with Gasteiger partial charge >= 0.3 is 0 Å². The van der Waals surface area contributed by atoms with Gasteiger partial charge < -0.3 is 14.6 Å². The van der Waals surface area contributed by atoms with E-state index in [9.17, 15) is 4.79 Å². The number of hydrogen-bond acceptors (Lipinski definition) is 6. The van der Waals surface area contributed by atoms with Crippen LogP contribution in [0, 0.1) is 6.92 Å². The van der Waals surface area contributed by atoms with E-state index in [0.29, 0.717) is 18.9 Å². The zero-order valence-electron chi connectivity index (χ0n) is 15.4. The summed E-state index contributed by atoms with van der Waals surface area (Å²) in [5, 5.41) is 6.88. The molecule has 1 fully saturated rings. The van der Waals surface area contributed by atoms with Gasteiger partial charge in [0.15, 0.2) is 5.76 Å². The summed E-state index contributed by atoms with van der Waals surface area (Å²) in [6.07, 6.45) is 0. The van der Waals surface area contributed by atoms with Crippen LogP contribution in [-0.4, -0.2) is 60.2 Å². The molecule has 1 aromatic heterocycles. The first-order chi connectivity index (χ1) is 12.6. The Labute approximate surface area is 153 Å². The normalized spacial score (nSPS) is 15.8. The molecule has 0 saturated carbocycles. The third-order valence-electron chi connectivity index (χ3n) is 4.35. The molecule has 7 nitrogen and oxygen atoms in total. The van der Waals surface area contributed by atoms with Gasteiger partial charge in [-0.05, 0) is 26.0 Å². The number of rotatable bonds is 7. The fourth-order valence-corrected chi connectivity index (χ4v) is 3.06. The first-order valence-electron chi connectivity index (χ1n) is 9.02. The van der Waals surface area contributed by atoms with Gasteiger partial charge in [-0.25, -0.2) is 0 Å². The summed E-state index contributed by atoms with van der Waals surface area (Å²) in [6.45, 7) is 9.09. The Balaban J connectivity index is 1.45. The lowest BCUT2D eigenvalue weighted by atomic mass is 10.2. The Morgan fingerprint density at radius 2 is 1.96 bits per heavy atom. The number of aromatic nitrogens is 1. The van der Waals surface area contributed by atoms with Gasteiger partial charge in [0.05, 0.1) is 31.1 Å². The zero-order valence-corrected chi connectivity index (χ0v) is 15.4. The Hall–Kier alpha value is -2.38. The molecule has 1 N–H and O–H groups in total. The van der Waals surface area contributed by atoms with Crippen molar-refractivity contribution < 1.29 is 14.1 Å². The molecule has 0 bridgehead atoms. The molecule has 0 radical (unpaired) electrons. The summed E-state index contributed by atoms with van der Waals surface area (Å²) < 4.78 is 10.8. The second-order valence-electron chi connectivity index (χ2n) is 6.46. The van der Waals surface area contributed by atoms with Crippen molar-refractivity contribution in [3.8, 4) is 5.75 Å². The number of carbonyl (C=O) groups excluding carboxylic acids is 1. The molecule has 3 rings (SSSR count). The number of para-hydroxylation sites is 2. The summed E-state index contributed by atoms with van der Waals surface area (Å²) in [7, 11) is 0. The fraction of sp³-hybridized carbons (Fsp3) is 0.474. The number of nitrogens with zero attached hydrogens (tertiary/aromatic N) is 3. The molecule has 0 unspecified atom stereocenters. The Morgan fingerprint density at radius 3 is 2.65 bits per heavy atom. The smallest absolute Gasteiger partial charge is 0.238 e. The average molecular weight is 358 g/mol. The van der Waals surface area contributed by atoms with Crippen molar-refractivity contribution in [3.63, 3.8) is 0 Å². The van der Waals surface area contributed by atoms with Gasteiger partial charge in [0, 0.05) is 32.2 Å². The first kappa shape index (κ1) is 18.4. The second kappa shape index (κ2) is 8.82. The summed E-state index contributed by atoms with van der Waals surface area (Å²) in [6, 6.07) is 9.48. The van der Waals surface area contributed by atoms with E-state index in [4.69, 9.17) is 9.26 Å². The van der Waals surface area contributed by atoms with Gasteiger partial charge in [0.25, 0.3) is 0 Å². The number of piperazine rings is 1. The molecule has 2 aromatic rings. The predicted octanol–water partition coefficient (Wildman–Crippen LogP) is 2.14. The van der Waals surface area contributed by atoms with Crippen molar-refractivity contribution in [2.24, 2.45) is 0 Å². The Morgan fingerprint density at radius 1 is 1.23 bits per heavy atom. The third-order valence-corrected chi connectivity index (χ3v) is 4.35. The summed E-state index contributed by atoms with van der Waals surface area (Å²) in [5.74, 6) is 1.58. The molecule has 1 amide bonds. The molecule has 1 saturated heterocycles. The number of benzene rings is 1. The van der Waals surface area contributed by atoms with E-state index in [0.717, 1.165) is 49.9 Å². The average Bonchev–Trinajstić information content (AvgIpc) is 3.03. The molecule has 26 heavy (non-hydrogen) atoms. The van der Waals surface area contributed by atoms with Gasteiger partial charge in [-0.15, -0.1) is 0 Å². The highest BCUT2D eigenvalue weighted by molar-refractivity contribution is 5.93. The zero-order chi connectivity index (χ0) is 18.4. The minimum absolute atomic E-state index is 0.0172. The number of hydrogen-bond donors (Lipinski definition) is 1. The van der Waals surface area contributed by atoms with E-state index >= 15 is 0 Å². The molecule has 0 atom stereocenters. The lowest BCUT2D eigenvalue weighted by Crippen LogP contribution is -2.48. The SMILES string of the molecule is CCOc1ccccc1NC(=O)CN1CCN(Cc2cc(C)no2)CC1. The van der Waals surface area contributed by atoms with Crippen molar-refractivity contribution in [3.05, 3.63) is 41.8 Å². The number of nitrogens with one attached hydrogen (secondary N) is 1. The first-order valence-corrected chi connectivity index (χ1v) is 9.02. The number of ether oxygens (including phenoxy) is 1. The Bertz CT molecular complexity index is 723. The summed E-state index contributed by atoms with van der Waals surface area (Å²) in [4.78, 5) is 16.9. The van der Waals surface area contributed by atoms with Gasteiger partial charge in [0.1, 0.15) is 5.75 Å². The van der Waals surface area contributed by atoms with E-state index in [1.807, 2.05) is 44.2 Å². The maximum Gasteiger partial charge on any atom is 0.238 e. The minimum atomic E-state index is -0.0172. The van der Waals surface area contributed by atoms with Crippen LogP contribution in [0.25, 0.3) is 0 Å². The van der Waals surface area contributed by atoms with Gasteiger partial charge in [-0.1, -0.05) is 17.3 Å². The maximum atomic E-state index is 12.4. The van der Waals surface area contributed by atoms with Crippen molar-refractivity contribution in [1.82, 2.24) is 15.0 Å². The molecular weight excluding hydrogens is 332 g/mol. The molecule has 140 valence electrons. The summed E-state index contributed by atoms with van der Waals surface area (Å²) >= 11 is 0. The van der Waals surface area contributed by atoms with Gasteiger partial charge in [0.2, 0.25) is 5.91 Å².